The first-order chi connectivity index (χ1) is 12.2. The number of hydrogen-bond donors (Lipinski definition) is 1. The highest BCUT2D eigenvalue weighted by atomic mass is 32.1. The molecule has 0 radical (unpaired) electrons. The van der Waals surface area contributed by atoms with E-state index in [0.717, 1.165) is 62.8 Å². The van der Waals surface area contributed by atoms with Gasteiger partial charge in [0.1, 0.15) is 17.0 Å². The van der Waals surface area contributed by atoms with Crippen molar-refractivity contribution in [1.29, 1.82) is 0 Å². The predicted molar refractivity (Wildman–Crippen MR) is 103 cm³/mol. The smallest absolute Gasteiger partial charge is 0.141 e. The first-order valence-electron chi connectivity index (χ1n) is 9.19. The van der Waals surface area contributed by atoms with Gasteiger partial charge in [-0.15, -0.1) is 11.3 Å². The topological polar surface area (TPSA) is 53.5 Å². The summed E-state index contributed by atoms with van der Waals surface area (Å²) in [5, 5.41) is 4.75. The van der Waals surface area contributed by atoms with Crippen LogP contribution in [0, 0.1) is 0 Å². The second-order valence-corrected chi connectivity index (χ2v) is 8.28. The van der Waals surface area contributed by atoms with E-state index in [-0.39, 0.29) is 0 Å². The van der Waals surface area contributed by atoms with Gasteiger partial charge in [0.25, 0.3) is 0 Å². The van der Waals surface area contributed by atoms with Crippen LogP contribution >= 0.6 is 11.3 Å². The van der Waals surface area contributed by atoms with Gasteiger partial charge in [0.05, 0.1) is 11.5 Å². The molecule has 1 saturated heterocycles. The fraction of sp³-hybridized carbons (Fsp3) is 0.667. The number of nitrogens with one attached hydrogen (secondary N) is 1. The Morgan fingerprint density at radius 3 is 3.04 bits per heavy atom. The minimum absolute atomic E-state index is 0.323. The summed E-state index contributed by atoms with van der Waals surface area (Å²) in [6.45, 7) is 5.78. The van der Waals surface area contributed by atoms with Crippen molar-refractivity contribution in [2.45, 2.75) is 31.9 Å². The van der Waals surface area contributed by atoms with Gasteiger partial charge in [-0.05, 0) is 45.5 Å². The molecule has 0 saturated carbocycles. The lowest BCUT2D eigenvalue weighted by atomic mass is 10.1. The fourth-order valence-electron chi connectivity index (χ4n) is 3.72. The zero-order valence-corrected chi connectivity index (χ0v) is 15.9. The summed E-state index contributed by atoms with van der Waals surface area (Å²) in [4.78, 5) is 16.5. The molecule has 6 nitrogen and oxygen atoms in total. The second kappa shape index (κ2) is 7.53. The van der Waals surface area contributed by atoms with Crippen molar-refractivity contribution in [2.24, 2.45) is 0 Å². The molecule has 0 amide bonds. The van der Waals surface area contributed by atoms with Gasteiger partial charge < -0.3 is 19.9 Å². The van der Waals surface area contributed by atoms with Crippen molar-refractivity contribution < 1.29 is 4.74 Å². The van der Waals surface area contributed by atoms with Crippen molar-refractivity contribution in [3.8, 4) is 0 Å². The molecule has 0 aliphatic carbocycles. The third-order valence-corrected chi connectivity index (χ3v) is 6.19. The van der Waals surface area contributed by atoms with Gasteiger partial charge in [0, 0.05) is 37.7 Å². The van der Waals surface area contributed by atoms with Crippen LogP contribution in [0.3, 0.4) is 0 Å². The summed E-state index contributed by atoms with van der Waals surface area (Å²) in [5.74, 6) is 1.10. The lowest BCUT2D eigenvalue weighted by Gasteiger charge is -2.28. The van der Waals surface area contributed by atoms with Crippen molar-refractivity contribution in [2.75, 3.05) is 51.8 Å². The maximum absolute atomic E-state index is 5.91. The Morgan fingerprint density at radius 1 is 1.32 bits per heavy atom. The van der Waals surface area contributed by atoms with Gasteiger partial charge >= 0.3 is 0 Å². The fourth-order valence-corrected chi connectivity index (χ4v) is 4.87. The average molecular weight is 362 g/mol. The van der Waals surface area contributed by atoms with Crippen LogP contribution in [0.15, 0.2) is 6.33 Å². The number of thiophene rings is 1. The van der Waals surface area contributed by atoms with E-state index in [9.17, 15) is 0 Å². The Labute approximate surface area is 153 Å². The number of ether oxygens (including phenoxy) is 1. The molecule has 0 spiro atoms. The van der Waals surface area contributed by atoms with Gasteiger partial charge in [-0.3, -0.25) is 0 Å². The van der Waals surface area contributed by atoms with Gasteiger partial charge in [-0.2, -0.15) is 0 Å². The number of likely N-dealkylation sites (N-methyl/N-ethyl adjacent to an activating group) is 1. The average Bonchev–Trinajstić information content (AvgIpc) is 3.25. The number of nitrogens with zero attached hydrogens (tertiary/aromatic N) is 4. The highest BCUT2D eigenvalue weighted by Crippen LogP contribution is 2.37. The maximum atomic E-state index is 5.91. The Bertz CT molecular complexity index is 726. The highest BCUT2D eigenvalue weighted by Gasteiger charge is 2.25. The van der Waals surface area contributed by atoms with Gasteiger partial charge in [0.15, 0.2) is 0 Å². The first-order valence-corrected chi connectivity index (χ1v) is 10.0. The SMILES string of the molecule is CN(C)CCN(C[C@H]1CCCO1)c1ncnc2sc3c(c12)CCNC3. The zero-order valence-electron chi connectivity index (χ0n) is 15.1. The predicted octanol–water partition coefficient (Wildman–Crippen LogP) is 1.88. The standard InChI is InChI=1S/C18H27N5OS/c1-22(2)7-8-23(11-13-4-3-9-24-13)17-16-14-5-6-19-10-15(14)25-18(16)21-12-20-17/h12-13,19H,3-11H2,1-2H3/t13-/m1/s1. The molecule has 0 aromatic carbocycles. The van der Waals surface area contributed by atoms with E-state index in [1.807, 2.05) is 11.3 Å². The van der Waals surface area contributed by atoms with Crippen LogP contribution in [0.4, 0.5) is 5.82 Å². The van der Waals surface area contributed by atoms with Gasteiger partial charge in [-0.25, -0.2) is 9.97 Å². The molecule has 25 heavy (non-hydrogen) atoms. The molecule has 7 heteroatoms. The van der Waals surface area contributed by atoms with Crippen molar-refractivity contribution in [3.63, 3.8) is 0 Å². The Hall–Kier alpha value is -1.28. The van der Waals surface area contributed by atoms with Gasteiger partial charge in [-0.1, -0.05) is 0 Å². The number of fused-ring (bicyclic) bond motifs is 3. The van der Waals surface area contributed by atoms with Crippen LogP contribution in [0.2, 0.25) is 0 Å². The molecular formula is C18H27N5OS. The van der Waals surface area contributed by atoms with Crippen molar-refractivity contribution >= 4 is 27.4 Å². The highest BCUT2D eigenvalue weighted by molar-refractivity contribution is 7.19. The van der Waals surface area contributed by atoms with E-state index in [2.05, 4.69) is 34.2 Å². The molecular weight excluding hydrogens is 334 g/mol. The Morgan fingerprint density at radius 2 is 2.24 bits per heavy atom. The summed E-state index contributed by atoms with van der Waals surface area (Å²) >= 11 is 1.82. The molecule has 0 bridgehead atoms. The quantitative estimate of drug-likeness (QED) is 0.848. The molecule has 2 aliphatic rings. The molecule has 1 atom stereocenters. The van der Waals surface area contributed by atoms with Crippen LogP contribution < -0.4 is 10.2 Å². The maximum Gasteiger partial charge on any atom is 0.141 e. The Balaban J connectivity index is 1.70. The van der Waals surface area contributed by atoms with E-state index < -0.39 is 0 Å². The second-order valence-electron chi connectivity index (χ2n) is 7.19. The monoisotopic (exact) mass is 361 g/mol. The van der Waals surface area contributed by atoms with E-state index in [4.69, 9.17) is 9.72 Å². The minimum atomic E-state index is 0.323. The molecule has 4 heterocycles. The summed E-state index contributed by atoms with van der Waals surface area (Å²) in [6, 6.07) is 0. The molecule has 4 rings (SSSR count). The van der Waals surface area contributed by atoms with Crippen LogP contribution in [-0.4, -0.2) is 67.9 Å². The number of anilines is 1. The van der Waals surface area contributed by atoms with Gasteiger partial charge in [0.2, 0.25) is 0 Å². The lowest BCUT2D eigenvalue weighted by molar-refractivity contribution is 0.115. The third kappa shape index (κ3) is 3.65. The summed E-state index contributed by atoms with van der Waals surface area (Å²) in [7, 11) is 4.25. The summed E-state index contributed by atoms with van der Waals surface area (Å²) in [5.41, 5.74) is 1.46. The van der Waals surface area contributed by atoms with E-state index in [1.165, 1.54) is 22.2 Å². The van der Waals surface area contributed by atoms with Crippen LogP contribution in [-0.2, 0) is 17.7 Å². The van der Waals surface area contributed by atoms with Crippen LogP contribution in [0.1, 0.15) is 23.3 Å². The third-order valence-electron chi connectivity index (χ3n) is 5.05. The number of rotatable bonds is 6. The largest absolute Gasteiger partial charge is 0.376 e. The normalized spacial score (nSPS) is 20.4. The number of hydrogen-bond acceptors (Lipinski definition) is 7. The van der Waals surface area contributed by atoms with Crippen LogP contribution in [0.5, 0.6) is 0 Å². The molecule has 0 unspecified atom stereocenters. The Kier molecular flexibility index (Phi) is 5.17. The first kappa shape index (κ1) is 17.1. The van der Waals surface area contributed by atoms with Crippen LogP contribution in [0.25, 0.3) is 10.2 Å². The summed E-state index contributed by atoms with van der Waals surface area (Å²) in [6.07, 6.45) is 5.44. The molecule has 2 aliphatic heterocycles. The minimum Gasteiger partial charge on any atom is -0.376 e. The molecule has 136 valence electrons. The molecule has 1 N–H and O–H groups in total. The zero-order chi connectivity index (χ0) is 17.2. The molecule has 2 aromatic rings. The van der Waals surface area contributed by atoms with E-state index in [0.29, 0.717) is 6.10 Å². The van der Waals surface area contributed by atoms with E-state index >= 15 is 0 Å². The van der Waals surface area contributed by atoms with E-state index in [1.54, 1.807) is 6.33 Å². The molecule has 2 aromatic heterocycles. The summed E-state index contributed by atoms with van der Waals surface area (Å²) < 4.78 is 5.91. The number of aromatic nitrogens is 2. The van der Waals surface area contributed by atoms with Crippen molar-refractivity contribution in [1.82, 2.24) is 20.2 Å². The lowest BCUT2D eigenvalue weighted by Crippen LogP contribution is -2.38. The van der Waals surface area contributed by atoms with Crippen molar-refractivity contribution in [3.05, 3.63) is 16.8 Å². The molecule has 1 fully saturated rings.